The smallest absolute Gasteiger partial charge is 0.465 e. The number of carbonyl (C=O) groups is 1. The lowest BCUT2D eigenvalue weighted by Gasteiger charge is -2.43. The van der Waals surface area contributed by atoms with E-state index >= 15 is 0 Å². The van der Waals surface area contributed by atoms with Crippen molar-refractivity contribution < 1.29 is 35.7 Å². The first-order valence-electron chi connectivity index (χ1n) is 8.43. The molecule has 0 aliphatic carbocycles. The van der Waals surface area contributed by atoms with Gasteiger partial charge < -0.3 is 14.2 Å². The van der Waals surface area contributed by atoms with E-state index in [1.807, 2.05) is 4.90 Å². The lowest BCUT2D eigenvalue weighted by Crippen LogP contribution is -2.58. The molecule has 0 saturated carbocycles. The van der Waals surface area contributed by atoms with Crippen LogP contribution in [0, 0.1) is 0 Å². The Labute approximate surface area is 163 Å². The average molecular weight is 434 g/mol. The van der Waals surface area contributed by atoms with Crippen LogP contribution in [-0.2, 0) is 10.1 Å². The summed E-state index contributed by atoms with van der Waals surface area (Å²) < 4.78 is 63.5. The molecule has 1 saturated heterocycles. The molecule has 1 fully saturated rings. The van der Waals surface area contributed by atoms with Crippen LogP contribution < -0.4 is 9.08 Å². The van der Waals surface area contributed by atoms with Crippen molar-refractivity contribution in [3.8, 4) is 5.88 Å². The van der Waals surface area contributed by atoms with E-state index in [-0.39, 0.29) is 17.7 Å². The average Bonchev–Trinajstić information content (AvgIpc) is 2.59. The predicted octanol–water partition coefficient (Wildman–Crippen LogP) is 2.44. The zero-order chi connectivity index (χ0) is 21.6. The number of amides is 1. The van der Waals surface area contributed by atoms with E-state index in [2.05, 4.69) is 14.2 Å². The highest BCUT2D eigenvalue weighted by atomic mass is 32.2. The van der Waals surface area contributed by atoms with Gasteiger partial charge in [-0.2, -0.15) is 26.6 Å². The summed E-state index contributed by atoms with van der Waals surface area (Å²) in [6.45, 7) is 4.44. The van der Waals surface area contributed by atoms with Crippen molar-refractivity contribution in [2.24, 2.45) is 0 Å². The molecule has 13 heteroatoms. The zero-order valence-corrected chi connectivity index (χ0v) is 16.1. The third-order valence-electron chi connectivity index (χ3n) is 4.49. The molecule has 0 radical (unpaired) electrons. The summed E-state index contributed by atoms with van der Waals surface area (Å²) in [4.78, 5) is 22.4. The molecular weight excluding hydrogens is 417 g/mol. The zero-order valence-electron chi connectivity index (χ0n) is 15.3. The summed E-state index contributed by atoms with van der Waals surface area (Å²) in [5.41, 5.74) is -4.87. The Morgan fingerprint density at radius 3 is 2.41 bits per heavy atom. The van der Waals surface area contributed by atoms with Gasteiger partial charge in [-0.05, 0) is 26.0 Å². The van der Waals surface area contributed by atoms with Crippen LogP contribution in [0.4, 0.5) is 23.7 Å². The molecule has 2 aromatic heterocycles. The summed E-state index contributed by atoms with van der Waals surface area (Å²) in [7, 11) is -5.82. The van der Waals surface area contributed by atoms with Crippen molar-refractivity contribution in [3.05, 3.63) is 24.4 Å². The van der Waals surface area contributed by atoms with Gasteiger partial charge in [0.25, 0.3) is 0 Å². The van der Waals surface area contributed by atoms with E-state index in [1.165, 1.54) is 17.2 Å². The maximum absolute atomic E-state index is 12.4. The van der Waals surface area contributed by atoms with Gasteiger partial charge in [0.1, 0.15) is 0 Å². The molecule has 3 heterocycles. The van der Waals surface area contributed by atoms with Crippen molar-refractivity contribution in [1.29, 1.82) is 0 Å². The molecule has 9 nitrogen and oxygen atoms in total. The van der Waals surface area contributed by atoms with Crippen LogP contribution in [0.2, 0.25) is 0 Å². The van der Waals surface area contributed by atoms with Crippen LogP contribution >= 0.6 is 0 Å². The van der Waals surface area contributed by atoms with Crippen LogP contribution in [0.25, 0.3) is 11.0 Å². The largest absolute Gasteiger partial charge is 0.534 e. The summed E-state index contributed by atoms with van der Waals surface area (Å²) in [6, 6.07) is 3.53. The molecule has 2 atom stereocenters. The number of hydrogen-bond acceptors (Lipinski definition) is 7. The molecule has 0 aromatic carbocycles. The maximum Gasteiger partial charge on any atom is 0.534 e. The number of rotatable bonds is 3. The number of aromatic nitrogens is 2. The number of anilines is 1. The minimum absolute atomic E-state index is 0.00823. The van der Waals surface area contributed by atoms with E-state index in [4.69, 9.17) is 0 Å². The SMILES string of the molecule is C[C@@H]1CN(c2cnc3nc(OS(=O)(=O)C(F)(F)F)ccc3c2)C[C@H](C)N1C(=O)O. The fourth-order valence-electron chi connectivity index (χ4n) is 3.27. The fourth-order valence-corrected chi connectivity index (χ4v) is 3.68. The first-order valence-corrected chi connectivity index (χ1v) is 9.83. The van der Waals surface area contributed by atoms with Gasteiger partial charge in [-0.1, -0.05) is 0 Å². The molecule has 29 heavy (non-hydrogen) atoms. The summed E-state index contributed by atoms with van der Waals surface area (Å²) in [5.74, 6) is -0.743. The second kappa shape index (κ2) is 7.21. The van der Waals surface area contributed by atoms with E-state index in [1.54, 1.807) is 19.9 Å². The van der Waals surface area contributed by atoms with Crippen LogP contribution in [-0.4, -0.2) is 65.2 Å². The van der Waals surface area contributed by atoms with E-state index < -0.39 is 27.6 Å². The van der Waals surface area contributed by atoms with Crippen molar-refractivity contribution in [2.75, 3.05) is 18.0 Å². The molecule has 0 unspecified atom stereocenters. The van der Waals surface area contributed by atoms with Crippen molar-refractivity contribution >= 4 is 32.9 Å². The van der Waals surface area contributed by atoms with Crippen molar-refractivity contribution in [2.45, 2.75) is 31.4 Å². The minimum Gasteiger partial charge on any atom is -0.465 e. The third kappa shape index (κ3) is 4.13. The highest BCUT2D eigenvalue weighted by molar-refractivity contribution is 7.87. The third-order valence-corrected chi connectivity index (χ3v) is 5.44. The van der Waals surface area contributed by atoms with Gasteiger partial charge in [0.2, 0.25) is 5.88 Å². The Bertz CT molecular complexity index is 1030. The van der Waals surface area contributed by atoms with Crippen LogP contribution in [0.15, 0.2) is 24.4 Å². The van der Waals surface area contributed by atoms with E-state index in [0.717, 1.165) is 6.07 Å². The predicted molar refractivity (Wildman–Crippen MR) is 96.1 cm³/mol. The number of pyridine rings is 2. The summed E-state index contributed by atoms with van der Waals surface area (Å²) >= 11 is 0. The van der Waals surface area contributed by atoms with Crippen molar-refractivity contribution in [3.63, 3.8) is 0 Å². The topological polar surface area (TPSA) is 113 Å². The molecule has 1 amide bonds. The van der Waals surface area contributed by atoms with Gasteiger partial charge in [0.05, 0.1) is 24.0 Å². The van der Waals surface area contributed by atoms with Gasteiger partial charge in [-0.3, -0.25) is 4.90 Å². The molecule has 3 rings (SSSR count). The monoisotopic (exact) mass is 434 g/mol. The number of fused-ring (bicyclic) bond motifs is 1. The number of piperazine rings is 1. The standard InChI is InChI=1S/C16H17F3N4O5S/c1-9-7-22(8-10(2)23(9)15(24)25)12-5-11-3-4-13(21-14(11)20-6-12)28-29(26,27)16(17,18)19/h3-6,9-10H,7-8H2,1-2H3,(H,24,25)/t9-,10+. The maximum atomic E-state index is 12.4. The Morgan fingerprint density at radius 1 is 1.24 bits per heavy atom. The fraction of sp³-hybridized carbons (Fsp3) is 0.438. The Kier molecular flexibility index (Phi) is 5.19. The lowest BCUT2D eigenvalue weighted by molar-refractivity contribution is -0.0501. The van der Waals surface area contributed by atoms with Crippen molar-refractivity contribution in [1.82, 2.24) is 14.9 Å². The number of nitrogens with zero attached hydrogens (tertiary/aromatic N) is 4. The molecule has 0 bridgehead atoms. The van der Waals surface area contributed by atoms with Gasteiger partial charge in [0, 0.05) is 24.5 Å². The van der Waals surface area contributed by atoms with E-state index in [0.29, 0.717) is 24.2 Å². The van der Waals surface area contributed by atoms with Crippen LogP contribution in [0.1, 0.15) is 13.8 Å². The normalized spacial score (nSPS) is 20.7. The summed E-state index contributed by atoms with van der Waals surface area (Å²) in [5, 5.41) is 9.75. The highest BCUT2D eigenvalue weighted by Crippen LogP contribution is 2.28. The molecular formula is C16H17F3N4O5S. The summed E-state index contributed by atoms with van der Waals surface area (Å²) in [6.07, 6.45) is 0.444. The Balaban J connectivity index is 1.84. The van der Waals surface area contributed by atoms with Crippen LogP contribution in [0.3, 0.4) is 0 Å². The highest BCUT2D eigenvalue weighted by Gasteiger charge is 2.48. The Morgan fingerprint density at radius 2 is 1.86 bits per heavy atom. The van der Waals surface area contributed by atoms with E-state index in [9.17, 15) is 31.5 Å². The number of hydrogen-bond donors (Lipinski definition) is 1. The van der Waals surface area contributed by atoms with Gasteiger partial charge in [-0.15, -0.1) is 0 Å². The molecule has 2 aromatic rings. The van der Waals surface area contributed by atoms with Crippen LogP contribution in [0.5, 0.6) is 5.88 Å². The minimum atomic E-state index is -5.82. The Hall–Kier alpha value is -2.83. The molecule has 1 aliphatic heterocycles. The second-order valence-corrected chi connectivity index (χ2v) is 8.20. The first kappa shape index (κ1) is 20.9. The quantitative estimate of drug-likeness (QED) is 0.579. The van der Waals surface area contributed by atoms with Gasteiger partial charge in [-0.25, -0.2) is 9.78 Å². The van der Waals surface area contributed by atoms with Gasteiger partial charge >= 0.3 is 21.7 Å². The number of carboxylic acid groups (broad SMARTS) is 1. The second-order valence-electron chi connectivity index (χ2n) is 6.67. The lowest BCUT2D eigenvalue weighted by atomic mass is 10.1. The van der Waals surface area contributed by atoms with Gasteiger partial charge in [0.15, 0.2) is 5.65 Å². The molecule has 1 aliphatic rings. The first-order chi connectivity index (χ1) is 13.4. The molecule has 0 spiro atoms. The molecule has 1 N–H and O–H groups in total. The molecule has 158 valence electrons. The number of alkyl halides is 3. The number of halogens is 3.